The summed E-state index contributed by atoms with van der Waals surface area (Å²) in [4.78, 5) is 24.0. The fraction of sp³-hybridized carbons (Fsp3) is 0.600. The molecule has 1 N–H and O–H groups in total. The van der Waals surface area contributed by atoms with Crippen molar-refractivity contribution in [2.45, 2.75) is 52.1 Å². The van der Waals surface area contributed by atoms with Gasteiger partial charge in [0.25, 0.3) is 0 Å². The third kappa shape index (κ3) is 7.30. The Kier molecular flexibility index (Phi) is 8.01. The molecule has 1 aliphatic heterocycles. The third-order valence-electron chi connectivity index (χ3n) is 4.64. The molecule has 3 amide bonds. The van der Waals surface area contributed by atoms with Crippen molar-refractivity contribution in [3.8, 4) is 5.75 Å². The minimum atomic E-state index is -3.28. The molecule has 1 atom stereocenters. The zero-order chi connectivity index (χ0) is 21.6. The van der Waals surface area contributed by atoms with E-state index in [2.05, 4.69) is 5.32 Å². The van der Waals surface area contributed by atoms with Gasteiger partial charge >= 0.3 is 6.03 Å². The van der Waals surface area contributed by atoms with E-state index in [1.54, 1.807) is 32.9 Å². The van der Waals surface area contributed by atoms with Crippen molar-refractivity contribution in [3.05, 3.63) is 29.6 Å². The molecule has 1 fully saturated rings. The molecule has 0 aliphatic carbocycles. The highest BCUT2D eigenvalue weighted by Crippen LogP contribution is 2.26. The van der Waals surface area contributed by atoms with Crippen LogP contribution >= 0.6 is 0 Å². The van der Waals surface area contributed by atoms with Crippen LogP contribution in [0.25, 0.3) is 0 Å². The molecule has 9 heteroatoms. The van der Waals surface area contributed by atoms with Gasteiger partial charge in [0.15, 0.2) is 21.4 Å². The summed E-state index contributed by atoms with van der Waals surface area (Å²) in [6.07, 6.45) is 1.60. The van der Waals surface area contributed by atoms with Gasteiger partial charge in [0, 0.05) is 6.54 Å². The molecule has 1 aromatic rings. The quantitative estimate of drug-likeness (QED) is 0.432. The smallest absolute Gasteiger partial charge is 0.324 e. The molecule has 7 nitrogen and oxygen atoms in total. The van der Waals surface area contributed by atoms with Gasteiger partial charge in [-0.15, -0.1) is 0 Å². The maximum atomic E-state index is 13.8. The number of sulfone groups is 1. The SMILES string of the molecule is CC(C)Oc1cc([C@@H](C)CS(=O)(=O)CCCCCN2CC(=O)NC2=O)ccc1F. The van der Waals surface area contributed by atoms with Crippen molar-refractivity contribution >= 4 is 21.8 Å². The Labute approximate surface area is 171 Å². The number of urea groups is 1. The van der Waals surface area contributed by atoms with Crippen LogP contribution in [0, 0.1) is 5.82 Å². The standard InChI is InChI=1S/C20H29FN2O5S/c1-14(2)28-18-11-16(7-8-17(18)21)15(3)13-29(26,27)10-6-4-5-9-23-12-19(24)22-20(23)25/h7-8,11,14-15H,4-6,9-10,12-13H2,1-3H3,(H,22,24,25)/t15-/m0/s1. The second kappa shape index (κ2) is 10.0. The predicted molar refractivity (Wildman–Crippen MR) is 108 cm³/mol. The first-order valence-electron chi connectivity index (χ1n) is 9.82. The summed E-state index contributed by atoms with van der Waals surface area (Å²) >= 11 is 0. The van der Waals surface area contributed by atoms with E-state index in [9.17, 15) is 22.4 Å². The van der Waals surface area contributed by atoms with E-state index < -0.39 is 21.7 Å². The van der Waals surface area contributed by atoms with Crippen LogP contribution in [0.1, 0.15) is 51.5 Å². The average Bonchev–Trinajstić information content (AvgIpc) is 2.93. The van der Waals surface area contributed by atoms with Crippen LogP contribution in [-0.2, 0) is 14.6 Å². The van der Waals surface area contributed by atoms with E-state index >= 15 is 0 Å². The first kappa shape index (κ1) is 23.1. The number of unbranched alkanes of at least 4 members (excludes halogenated alkanes) is 2. The van der Waals surface area contributed by atoms with Crippen LogP contribution < -0.4 is 10.1 Å². The van der Waals surface area contributed by atoms with Crippen molar-refractivity contribution in [1.82, 2.24) is 10.2 Å². The van der Waals surface area contributed by atoms with Gasteiger partial charge in [-0.05, 0) is 50.3 Å². The van der Waals surface area contributed by atoms with Crippen molar-refractivity contribution in [1.29, 1.82) is 0 Å². The summed E-state index contributed by atoms with van der Waals surface area (Å²) in [5.74, 6) is -0.900. The molecule has 0 unspecified atom stereocenters. The minimum Gasteiger partial charge on any atom is -0.488 e. The van der Waals surface area contributed by atoms with Gasteiger partial charge in [0.05, 0.1) is 17.6 Å². The molecular formula is C20H29FN2O5S. The summed E-state index contributed by atoms with van der Waals surface area (Å²) in [6.45, 7) is 5.89. The molecule has 0 aromatic heterocycles. The van der Waals surface area contributed by atoms with Crippen molar-refractivity contribution in [2.24, 2.45) is 0 Å². The van der Waals surface area contributed by atoms with Gasteiger partial charge in [-0.1, -0.05) is 19.4 Å². The monoisotopic (exact) mass is 428 g/mol. The Morgan fingerprint density at radius 2 is 1.90 bits per heavy atom. The van der Waals surface area contributed by atoms with Crippen molar-refractivity contribution in [3.63, 3.8) is 0 Å². The maximum Gasteiger partial charge on any atom is 0.324 e. The van der Waals surface area contributed by atoms with Gasteiger partial charge in [0.2, 0.25) is 5.91 Å². The fourth-order valence-corrected chi connectivity index (χ4v) is 4.96. The fourth-order valence-electron chi connectivity index (χ4n) is 3.20. The summed E-state index contributed by atoms with van der Waals surface area (Å²) in [5, 5.41) is 2.21. The van der Waals surface area contributed by atoms with Crippen LogP contribution in [0.3, 0.4) is 0 Å². The number of hydrogen-bond acceptors (Lipinski definition) is 5. The Hall–Kier alpha value is -2.16. The lowest BCUT2D eigenvalue weighted by molar-refractivity contribution is -0.118. The molecule has 0 radical (unpaired) electrons. The maximum absolute atomic E-state index is 13.8. The number of ether oxygens (including phenoxy) is 1. The second-order valence-corrected chi connectivity index (χ2v) is 9.94. The molecule has 0 saturated carbocycles. The zero-order valence-electron chi connectivity index (χ0n) is 17.1. The molecule has 29 heavy (non-hydrogen) atoms. The Bertz CT molecular complexity index is 841. The number of carbonyl (C=O) groups is 2. The molecule has 1 saturated heterocycles. The van der Waals surface area contributed by atoms with Gasteiger partial charge in [-0.25, -0.2) is 17.6 Å². The summed E-state index contributed by atoms with van der Waals surface area (Å²) < 4.78 is 44.1. The van der Waals surface area contributed by atoms with E-state index in [1.807, 2.05) is 0 Å². The highest BCUT2D eigenvalue weighted by atomic mass is 32.2. The lowest BCUT2D eigenvalue weighted by atomic mass is 10.0. The Balaban J connectivity index is 1.79. The zero-order valence-corrected chi connectivity index (χ0v) is 17.9. The Morgan fingerprint density at radius 1 is 1.17 bits per heavy atom. The highest BCUT2D eigenvalue weighted by Gasteiger charge is 2.25. The number of benzene rings is 1. The molecule has 1 heterocycles. The van der Waals surface area contributed by atoms with Crippen LogP contribution in [-0.4, -0.2) is 56.0 Å². The van der Waals surface area contributed by atoms with Gasteiger partial charge in [0.1, 0.15) is 6.54 Å². The molecule has 0 bridgehead atoms. The first-order chi connectivity index (χ1) is 13.6. The van der Waals surface area contributed by atoms with Crippen LogP contribution in [0.5, 0.6) is 5.75 Å². The number of nitrogens with one attached hydrogen (secondary N) is 1. The normalized spacial score (nSPS) is 15.7. The van der Waals surface area contributed by atoms with Crippen LogP contribution in [0.4, 0.5) is 9.18 Å². The van der Waals surface area contributed by atoms with E-state index in [0.29, 0.717) is 25.8 Å². The minimum absolute atomic E-state index is 0.0250. The van der Waals surface area contributed by atoms with E-state index in [0.717, 1.165) is 5.56 Å². The summed E-state index contributed by atoms with van der Waals surface area (Å²) in [6, 6.07) is 4.06. The van der Waals surface area contributed by atoms with Crippen LogP contribution in [0.2, 0.25) is 0 Å². The molecular weight excluding hydrogens is 399 g/mol. The van der Waals surface area contributed by atoms with Gasteiger partial charge < -0.3 is 9.64 Å². The number of imide groups is 1. The molecule has 0 spiro atoms. The van der Waals surface area contributed by atoms with Gasteiger partial charge in [-0.3, -0.25) is 10.1 Å². The number of amides is 3. The highest BCUT2D eigenvalue weighted by molar-refractivity contribution is 7.91. The third-order valence-corrected chi connectivity index (χ3v) is 6.56. The van der Waals surface area contributed by atoms with Crippen LogP contribution in [0.15, 0.2) is 18.2 Å². The number of rotatable bonds is 11. The van der Waals surface area contributed by atoms with E-state index in [1.165, 1.54) is 11.0 Å². The predicted octanol–water partition coefficient (Wildman–Crippen LogP) is 2.85. The lowest BCUT2D eigenvalue weighted by Crippen LogP contribution is -2.29. The van der Waals surface area contributed by atoms with E-state index in [4.69, 9.17) is 4.74 Å². The molecule has 1 aliphatic rings. The average molecular weight is 429 g/mol. The topological polar surface area (TPSA) is 92.8 Å². The van der Waals surface area contributed by atoms with Crippen molar-refractivity contribution in [2.75, 3.05) is 24.6 Å². The number of halogens is 1. The summed E-state index contributed by atoms with van der Waals surface area (Å²) in [5.41, 5.74) is 0.718. The number of carbonyl (C=O) groups excluding carboxylic acids is 2. The Morgan fingerprint density at radius 3 is 2.52 bits per heavy atom. The van der Waals surface area contributed by atoms with Crippen molar-refractivity contribution < 1.29 is 27.1 Å². The van der Waals surface area contributed by atoms with E-state index in [-0.39, 0.29) is 41.7 Å². The number of nitrogens with zero attached hydrogens (tertiary/aromatic N) is 1. The lowest BCUT2D eigenvalue weighted by Gasteiger charge is -2.16. The molecule has 1 aromatic carbocycles. The molecule has 2 rings (SSSR count). The summed E-state index contributed by atoms with van der Waals surface area (Å²) in [7, 11) is -3.28. The first-order valence-corrected chi connectivity index (χ1v) is 11.6. The second-order valence-electron chi connectivity index (χ2n) is 7.71. The molecule has 162 valence electrons. The number of hydrogen-bond donors (Lipinski definition) is 1. The van der Waals surface area contributed by atoms with Gasteiger partial charge in [-0.2, -0.15) is 0 Å². The largest absolute Gasteiger partial charge is 0.488 e.